The third kappa shape index (κ3) is 5.83. The van der Waals surface area contributed by atoms with Crippen molar-refractivity contribution in [1.82, 2.24) is 4.98 Å². The normalized spacial score (nSPS) is 11.5. The van der Waals surface area contributed by atoms with Crippen molar-refractivity contribution in [2.24, 2.45) is 0 Å². The number of anilines is 3. The maximum Gasteiger partial charge on any atom is 0.227 e. The van der Waals surface area contributed by atoms with Gasteiger partial charge in [-0.2, -0.15) is 0 Å². The lowest BCUT2D eigenvalue weighted by molar-refractivity contribution is 0.622. The van der Waals surface area contributed by atoms with Crippen molar-refractivity contribution in [3.05, 3.63) is 206 Å². The second-order valence-electron chi connectivity index (χ2n) is 14.4. The highest BCUT2D eigenvalue weighted by Crippen LogP contribution is 2.44. The maximum atomic E-state index is 6.63. The minimum Gasteiger partial charge on any atom is -0.455 e. The Morgan fingerprint density at radius 3 is 1.58 bits per heavy atom. The van der Waals surface area contributed by atoms with Crippen LogP contribution in [0.2, 0.25) is 0 Å². The molecule has 0 atom stereocenters. The number of aromatic nitrogens is 1. The zero-order valence-electron chi connectivity index (χ0n) is 30.8. The van der Waals surface area contributed by atoms with Crippen LogP contribution in [0.3, 0.4) is 0 Å². The summed E-state index contributed by atoms with van der Waals surface area (Å²) in [6, 6.07) is 72.2. The van der Waals surface area contributed by atoms with E-state index in [4.69, 9.17) is 13.8 Å². The van der Waals surface area contributed by atoms with Crippen LogP contribution in [-0.4, -0.2) is 4.98 Å². The number of hydrogen-bond donors (Lipinski definition) is 0. The molecule has 0 aliphatic heterocycles. The largest absolute Gasteiger partial charge is 0.455 e. The van der Waals surface area contributed by atoms with Crippen molar-refractivity contribution in [1.29, 1.82) is 0 Å². The van der Waals surface area contributed by atoms with Crippen LogP contribution in [0.1, 0.15) is 0 Å². The SMILES string of the molecule is c1ccc(-c2ccc(-c3nc4cc(-c5ccc(N(c6ccc(-c7ccccc7)cc6)c6ccc7ccccc7c6)cc5)c5oc6ccccc6c5c4o3)cc2)cc1. The summed E-state index contributed by atoms with van der Waals surface area (Å²) in [5.41, 5.74) is 13.9. The molecule has 4 heteroatoms. The lowest BCUT2D eigenvalue weighted by atomic mass is 10.0. The molecule has 0 spiro atoms. The number of fused-ring (bicyclic) bond motifs is 6. The van der Waals surface area contributed by atoms with Gasteiger partial charge in [-0.1, -0.05) is 146 Å². The molecule has 0 unspecified atom stereocenters. The highest BCUT2D eigenvalue weighted by atomic mass is 16.4. The Bertz CT molecular complexity index is 3200. The minimum absolute atomic E-state index is 0.577. The fourth-order valence-corrected chi connectivity index (χ4v) is 8.03. The first kappa shape index (κ1) is 32.7. The maximum absolute atomic E-state index is 6.63. The van der Waals surface area contributed by atoms with Crippen LogP contribution in [-0.2, 0) is 0 Å². The number of benzene rings is 9. The number of hydrogen-bond acceptors (Lipinski definition) is 4. The lowest BCUT2D eigenvalue weighted by Gasteiger charge is -2.26. The summed E-state index contributed by atoms with van der Waals surface area (Å²) in [4.78, 5) is 7.39. The molecular formula is C53H34N2O2. The molecule has 2 heterocycles. The van der Waals surface area contributed by atoms with Crippen LogP contribution >= 0.6 is 0 Å². The summed E-state index contributed by atoms with van der Waals surface area (Å²) in [7, 11) is 0. The quantitative estimate of drug-likeness (QED) is 0.164. The fourth-order valence-electron chi connectivity index (χ4n) is 8.03. The monoisotopic (exact) mass is 730 g/mol. The topological polar surface area (TPSA) is 42.4 Å². The molecule has 4 nitrogen and oxygen atoms in total. The van der Waals surface area contributed by atoms with Crippen molar-refractivity contribution in [3.8, 4) is 44.8 Å². The van der Waals surface area contributed by atoms with Gasteiger partial charge in [0.1, 0.15) is 16.7 Å². The Morgan fingerprint density at radius 1 is 0.368 bits per heavy atom. The van der Waals surface area contributed by atoms with Crippen LogP contribution in [0, 0.1) is 0 Å². The second kappa shape index (κ2) is 13.6. The summed E-state index contributed by atoms with van der Waals surface area (Å²) in [6.07, 6.45) is 0. The smallest absolute Gasteiger partial charge is 0.227 e. The summed E-state index contributed by atoms with van der Waals surface area (Å²) in [6.45, 7) is 0. The second-order valence-corrected chi connectivity index (χ2v) is 14.4. The first-order valence-electron chi connectivity index (χ1n) is 19.2. The van der Waals surface area contributed by atoms with E-state index in [1.54, 1.807) is 0 Å². The number of nitrogens with zero attached hydrogens (tertiary/aromatic N) is 2. The fraction of sp³-hybridized carbons (Fsp3) is 0. The standard InChI is InChI=1S/C53H34N2O2/c1-3-11-35(12-4-1)38-19-21-41(22-20-38)53-54-48-34-47(51-50(52(48)57-53)46-17-9-10-18-49(46)56-51)40-26-30-44(31-27-40)55(45-32-25-37-15-7-8-16-42(37)33-45)43-28-23-39(24-29-43)36-13-5-2-6-14-36/h1-34H. The van der Waals surface area contributed by atoms with Gasteiger partial charge in [-0.15, -0.1) is 0 Å². The van der Waals surface area contributed by atoms with E-state index in [0.29, 0.717) is 5.89 Å². The highest BCUT2D eigenvalue weighted by molar-refractivity contribution is 6.20. The third-order valence-electron chi connectivity index (χ3n) is 10.9. The van der Waals surface area contributed by atoms with E-state index in [9.17, 15) is 0 Å². The first-order valence-corrected chi connectivity index (χ1v) is 19.2. The lowest BCUT2D eigenvalue weighted by Crippen LogP contribution is -2.09. The highest BCUT2D eigenvalue weighted by Gasteiger charge is 2.22. The predicted molar refractivity (Wildman–Crippen MR) is 235 cm³/mol. The molecule has 57 heavy (non-hydrogen) atoms. The molecule has 0 amide bonds. The van der Waals surface area contributed by atoms with E-state index in [0.717, 1.165) is 72.4 Å². The molecule has 268 valence electrons. The molecule has 0 fully saturated rings. The van der Waals surface area contributed by atoms with Crippen LogP contribution in [0.4, 0.5) is 17.1 Å². The van der Waals surface area contributed by atoms with E-state index in [1.165, 1.54) is 27.5 Å². The molecule has 0 saturated carbocycles. The Kier molecular flexibility index (Phi) is 7.78. The number of furan rings is 1. The Balaban J connectivity index is 1.02. The summed E-state index contributed by atoms with van der Waals surface area (Å²) in [5.74, 6) is 0.577. The van der Waals surface area contributed by atoms with Crippen molar-refractivity contribution < 1.29 is 8.83 Å². The molecule has 0 saturated heterocycles. The van der Waals surface area contributed by atoms with E-state index in [-0.39, 0.29) is 0 Å². The molecule has 2 aromatic heterocycles. The van der Waals surface area contributed by atoms with Gasteiger partial charge in [0.25, 0.3) is 0 Å². The van der Waals surface area contributed by atoms with Gasteiger partial charge in [0.15, 0.2) is 5.58 Å². The Hall–Kier alpha value is -7.69. The molecule has 0 aliphatic carbocycles. The molecule has 0 N–H and O–H groups in total. The van der Waals surface area contributed by atoms with Crippen molar-refractivity contribution in [2.45, 2.75) is 0 Å². The van der Waals surface area contributed by atoms with Crippen LogP contribution in [0.5, 0.6) is 0 Å². The summed E-state index contributed by atoms with van der Waals surface area (Å²) >= 11 is 0. The van der Waals surface area contributed by atoms with Crippen molar-refractivity contribution in [3.63, 3.8) is 0 Å². The van der Waals surface area contributed by atoms with Crippen molar-refractivity contribution >= 4 is 60.9 Å². The average Bonchev–Trinajstić information content (AvgIpc) is 3.90. The summed E-state index contributed by atoms with van der Waals surface area (Å²) < 4.78 is 13.2. The summed E-state index contributed by atoms with van der Waals surface area (Å²) in [5, 5.41) is 4.33. The molecule has 11 aromatic rings. The zero-order valence-corrected chi connectivity index (χ0v) is 30.8. The molecule has 9 aromatic carbocycles. The van der Waals surface area contributed by atoms with Gasteiger partial charge in [0.2, 0.25) is 5.89 Å². The molecule has 11 rings (SSSR count). The number of para-hydroxylation sites is 1. The van der Waals surface area contributed by atoms with Crippen LogP contribution in [0.15, 0.2) is 215 Å². The van der Waals surface area contributed by atoms with E-state index in [1.807, 2.05) is 24.3 Å². The number of oxazole rings is 1. The van der Waals surface area contributed by atoms with E-state index >= 15 is 0 Å². The minimum atomic E-state index is 0.577. The Morgan fingerprint density at radius 2 is 0.895 bits per heavy atom. The van der Waals surface area contributed by atoms with Crippen LogP contribution in [0.25, 0.3) is 88.6 Å². The van der Waals surface area contributed by atoms with Gasteiger partial charge in [0, 0.05) is 33.6 Å². The zero-order chi connectivity index (χ0) is 37.7. The number of rotatable bonds is 7. The molecule has 0 aliphatic rings. The van der Waals surface area contributed by atoms with Gasteiger partial charge in [0.05, 0.1) is 5.39 Å². The average molecular weight is 731 g/mol. The Labute approximate surface area is 329 Å². The van der Waals surface area contributed by atoms with Gasteiger partial charge in [-0.25, -0.2) is 4.98 Å². The van der Waals surface area contributed by atoms with Crippen LogP contribution < -0.4 is 4.90 Å². The van der Waals surface area contributed by atoms with Gasteiger partial charge in [-0.3, -0.25) is 0 Å². The molecule has 0 radical (unpaired) electrons. The molecule has 0 bridgehead atoms. The van der Waals surface area contributed by atoms with E-state index < -0.39 is 0 Å². The molecular weight excluding hydrogens is 697 g/mol. The first-order chi connectivity index (χ1) is 28.2. The van der Waals surface area contributed by atoms with Gasteiger partial charge in [-0.05, 0) is 99.3 Å². The van der Waals surface area contributed by atoms with Gasteiger partial charge >= 0.3 is 0 Å². The third-order valence-corrected chi connectivity index (χ3v) is 10.9. The predicted octanol–water partition coefficient (Wildman–Crippen LogP) is 15.0. The van der Waals surface area contributed by atoms with Gasteiger partial charge < -0.3 is 13.7 Å². The van der Waals surface area contributed by atoms with Crippen molar-refractivity contribution in [2.75, 3.05) is 4.90 Å². The van der Waals surface area contributed by atoms with E-state index in [2.05, 4.69) is 187 Å².